The van der Waals surface area contributed by atoms with Crippen LogP contribution in [0, 0.1) is 0 Å². The Morgan fingerprint density at radius 2 is 1.74 bits per heavy atom. The van der Waals surface area contributed by atoms with Gasteiger partial charge in [0.15, 0.2) is 6.23 Å². The smallest absolute Gasteiger partial charge is 0.324 e. The lowest BCUT2D eigenvalue weighted by atomic mass is 10.2. The third-order valence-corrected chi connectivity index (χ3v) is 5.76. The number of amides is 2. The van der Waals surface area contributed by atoms with Crippen LogP contribution >= 0.6 is 34.8 Å². The molecule has 1 heterocycles. The number of rotatable bonds is 5. The lowest BCUT2D eigenvalue weighted by Crippen LogP contribution is -2.36. The number of benzene rings is 3. The second-order valence-electron chi connectivity index (χ2n) is 7.00. The van der Waals surface area contributed by atoms with Crippen molar-refractivity contribution in [2.45, 2.75) is 12.3 Å². The number of nitrogens with one attached hydrogen (secondary N) is 1. The van der Waals surface area contributed by atoms with Gasteiger partial charge in [0.1, 0.15) is 18.5 Å². The van der Waals surface area contributed by atoms with Gasteiger partial charge in [-0.25, -0.2) is 4.79 Å². The monoisotopic (exact) mass is 476 g/mol. The van der Waals surface area contributed by atoms with Crippen molar-refractivity contribution in [1.29, 1.82) is 0 Å². The van der Waals surface area contributed by atoms with Gasteiger partial charge in [0.05, 0.1) is 16.6 Å². The van der Waals surface area contributed by atoms with Gasteiger partial charge in [0.25, 0.3) is 0 Å². The maximum absolute atomic E-state index is 13.0. The number of hydrogen-bond acceptors (Lipinski definition) is 3. The molecule has 1 saturated heterocycles. The minimum absolute atomic E-state index is 0.272. The first-order chi connectivity index (χ1) is 15.0. The zero-order valence-electron chi connectivity index (χ0n) is 16.3. The van der Waals surface area contributed by atoms with E-state index < -0.39 is 6.23 Å². The number of hydrogen-bond donors (Lipinski definition) is 1. The fourth-order valence-corrected chi connectivity index (χ4v) is 3.69. The van der Waals surface area contributed by atoms with Gasteiger partial charge >= 0.3 is 6.03 Å². The summed E-state index contributed by atoms with van der Waals surface area (Å²) in [5.41, 5.74) is 1.42. The van der Waals surface area contributed by atoms with E-state index in [4.69, 9.17) is 44.3 Å². The minimum atomic E-state index is -0.628. The van der Waals surface area contributed by atoms with Gasteiger partial charge in [-0.15, -0.1) is 0 Å². The van der Waals surface area contributed by atoms with Gasteiger partial charge in [-0.05, 0) is 48.5 Å². The van der Waals surface area contributed by atoms with Crippen LogP contribution in [0.3, 0.4) is 0 Å². The molecule has 0 bridgehead atoms. The van der Waals surface area contributed by atoms with Crippen LogP contribution in [0.5, 0.6) is 5.75 Å². The van der Waals surface area contributed by atoms with Crippen LogP contribution < -0.4 is 10.1 Å². The molecule has 5 nitrogen and oxygen atoms in total. The molecule has 8 heteroatoms. The molecule has 1 fully saturated rings. The van der Waals surface area contributed by atoms with E-state index in [1.807, 2.05) is 30.3 Å². The van der Waals surface area contributed by atoms with Crippen LogP contribution in [-0.2, 0) is 4.74 Å². The van der Waals surface area contributed by atoms with E-state index in [-0.39, 0.29) is 18.7 Å². The van der Waals surface area contributed by atoms with Crippen molar-refractivity contribution in [2.24, 2.45) is 0 Å². The number of ether oxygens (including phenoxy) is 2. The van der Waals surface area contributed by atoms with E-state index in [0.29, 0.717) is 33.0 Å². The molecule has 4 rings (SSSR count). The first kappa shape index (κ1) is 21.8. The van der Waals surface area contributed by atoms with Crippen molar-refractivity contribution in [3.63, 3.8) is 0 Å². The van der Waals surface area contributed by atoms with E-state index in [1.54, 1.807) is 47.4 Å². The normalized spacial score (nSPS) is 18.1. The molecule has 3 aromatic rings. The van der Waals surface area contributed by atoms with Crippen LogP contribution in [0.2, 0.25) is 15.1 Å². The molecule has 1 aliphatic heterocycles. The summed E-state index contributed by atoms with van der Waals surface area (Å²) in [6.07, 6.45) is -0.964. The number of para-hydroxylation sites is 1. The molecule has 160 valence electrons. The highest BCUT2D eigenvalue weighted by atomic mass is 35.5. The first-order valence-corrected chi connectivity index (χ1v) is 10.7. The molecule has 1 N–H and O–H groups in total. The summed E-state index contributed by atoms with van der Waals surface area (Å²) in [6.45, 7) is 0.617. The Morgan fingerprint density at radius 3 is 2.45 bits per heavy atom. The van der Waals surface area contributed by atoms with E-state index in [9.17, 15) is 4.79 Å². The summed E-state index contributed by atoms with van der Waals surface area (Å²) in [4.78, 5) is 14.6. The molecule has 0 spiro atoms. The molecule has 2 amide bonds. The molecule has 31 heavy (non-hydrogen) atoms. The molecule has 0 radical (unpaired) electrons. The van der Waals surface area contributed by atoms with Crippen LogP contribution in [0.15, 0.2) is 72.8 Å². The predicted octanol–water partition coefficient (Wildman–Crippen LogP) is 6.66. The summed E-state index contributed by atoms with van der Waals surface area (Å²) >= 11 is 18.2. The van der Waals surface area contributed by atoms with E-state index in [2.05, 4.69) is 5.32 Å². The fourth-order valence-electron chi connectivity index (χ4n) is 3.26. The maximum Gasteiger partial charge on any atom is 0.324 e. The fraction of sp³-hybridized carbons (Fsp3) is 0.174. The summed E-state index contributed by atoms with van der Waals surface area (Å²) < 4.78 is 12.0. The van der Waals surface area contributed by atoms with Gasteiger partial charge in [0, 0.05) is 16.3 Å². The Balaban J connectivity index is 1.51. The zero-order chi connectivity index (χ0) is 21.8. The molecule has 2 atom stereocenters. The van der Waals surface area contributed by atoms with E-state index in [1.165, 1.54) is 0 Å². The van der Waals surface area contributed by atoms with Crippen molar-refractivity contribution >= 4 is 46.5 Å². The third kappa shape index (κ3) is 5.43. The van der Waals surface area contributed by atoms with Crippen molar-refractivity contribution in [2.75, 3.05) is 18.5 Å². The number of anilines is 1. The van der Waals surface area contributed by atoms with E-state index in [0.717, 1.165) is 5.56 Å². The SMILES string of the molecule is O=C(Nc1ccccc1)N1C[C@H](COc2ccc(Cl)cc2)O[C@@H]1c1ccc(Cl)c(Cl)c1. The van der Waals surface area contributed by atoms with Crippen molar-refractivity contribution in [3.05, 3.63) is 93.4 Å². The molecule has 0 saturated carbocycles. The van der Waals surface area contributed by atoms with Crippen molar-refractivity contribution in [3.8, 4) is 5.75 Å². The van der Waals surface area contributed by atoms with Gasteiger partial charge < -0.3 is 14.8 Å². The highest BCUT2D eigenvalue weighted by Gasteiger charge is 2.38. The highest BCUT2D eigenvalue weighted by molar-refractivity contribution is 6.42. The molecule has 3 aromatic carbocycles. The maximum atomic E-state index is 13.0. The average Bonchev–Trinajstić information content (AvgIpc) is 3.20. The number of nitrogens with zero attached hydrogens (tertiary/aromatic N) is 1. The molecule has 0 aliphatic carbocycles. The molecular formula is C23H19Cl3N2O3. The number of carbonyl (C=O) groups excluding carboxylic acids is 1. The zero-order valence-corrected chi connectivity index (χ0v) is 18.6. The number of halogens is 3. The Kier molecular flexibility index (Phi) is 6.88. The Bertz CT molecular complexity index is 1050. The third-order valence-electron chi connectivity index (χ3n) is 4.77. The Hall–Kier alpha value is -2.44. The quantitative estimate of drug-likeness (QED) is 0.447. The van der Waals surface area contributed by atoms with Gasteiger partial charge in [-0.1, -0.05) is 59.1 Å². The molecule has 0 unspecified atom stereocenters. The molecular weight excluding hydrogens is 459 g/mol. The summed E-state index contributed by atoms with van der Waals surface area (Å²) in [5.74, 6) is 0.672. The van der Waals surface area contributed by atoms with Crippen molar-refractivity contribution in [1.82, 2.24) is 4.90 Å². The largest absolute Gasteiger partial charge is 0.491 e. The average molecular weight is 478 g/mol. The number of carbonyl (C=O) groups is 1. The molecule has 1 aliphatic rings. The van der Waals surface area contributed by atoms with Crippen LogP contribution in [0.1, 0.15) is 11.8 Å². The van der Waals surface area contributed by atoms with Crippen LogP contribution in [-0.4, -0.2) is 30.2 Å². The summed E-state index contributed by atoms with van der Waals surface area (Å²) in [6, 6.07) is 21.2. The summed E-state index contributed by atoms with van der Waals surface area (Å²) in [5, 5.41) is 4.37. The standard InChI is InChI=1S/C23H19Cl3N2O3/c24-16-7-9-18(10-8-16)30-14-19-13-28(23(29)27-17-4-2-1-3-5-17)22(31-19)15-6-11-20(25)21(26)12-15/h1-12,19,22H,13-14H2,(H,27,29)/t19-,22-/m1/s1. The van der Waals surface area contributed by atoms with Gasteiger partial charge in [0.2, 0.25) is 0 Å². The lowest BCUT2D eigenvalue weighted by molar-refractivity contribution is -0.00515. The minimum Gasteiger partial charge on any atom is -0.491 e. The second-order valence-corrected chi connectivity index (χ2v) is 8.25. The molecule has 0 aromatic heterocycles. The second kappa shape index (κ2) is 9.79. The van der Waals surface area contributed by atoms with Crippen molar-refractivity contribution < 1.29 is 14.3 Å². The summed E-state index contributed by atoms with van der Waals surface area (Å²) in [7, 11) is 0. The van der Waals surface area contributed by atoms with Gasteiger partial charge in [-0.2, -0.15) is 0 Å². The first-order valence-electron chi connectivity index (χ1n) is 9.61. The predicted molar refractivity (Wildman–Crippen MR) is 123 cm³/mol. The van der Waals surface area contributed by atoms with E-state index >= 15 is 0 Å². The lowest BCUT2D eigenvalue weighted by Gasteiger charge is -2.24. The highest BCUT2D eigenvalue weighted by Crippen LogP contribution is 2.34. The topological polar surface area (TPSA) is 50.8 Å². The van der Waals surface area contributed by atoms with Crippen LogP contribution in [0.25, 0.3) is 0 Å². The number of urea groups is 1. The van der Waals surface area contributed by atoms with Gasteiger partial charge in [-0.3, -0.25) is 4.90 Å². The Morgan fingerprint density at radius 1 is 1.00 bits per heavy atom. The Labute approximate surface area is 195 Å². The van der Waals surface area contributed by atoms with Crippen LogP contribution in [0.4, 0.5) is 10.5 Å².